The van der Waals surface area contributed by atoms with Crippen molar-refractivity contribution in [3.8, 4) is 0 Å². The van der Waals surface area contributed by atoms with Crippen LogP contribution in [-0.4, -0.2) is 72.7 Å². The first-order valence-electron chi connectivity index (χ1n) is 11.9. The van der Waals surface area contributed by atoms with Crippen LogP contribution in [0.25, 0.3) is 0 Å². The maximum absolute atomic E-state index is 12.9. The van der Waals surface area contributed by atoms with Crippen LogP contribution in [0.1, 0.15) is 24.5 Å². The summed E-state index contributed by atoms with van der Waals surface area (Å²) in [7, 11) is 2.70. The van der Waals surface area contributed by atoms with Crippen molar-refractivity contribution in [3.05, 3.63) is 76.5 Å². The highest BCUT2D eigenvalue weighted by Crippen LogP contribution is 2.28. The van der Waals surface area contributed by atoms with Crippen LogP contribution in [0.15, 0.2) is 65.4 Å². The van der Waals surface area contributed by atoms with Crippen molar-refractivity contribution in [1.82, 2.24) is 14.9 Å². The van der Waals surface area contributed by atoms with Crippen molar-refractivity contribution >= 4 is 23.4 Å². The van der Waals surface area contributed by atoms with Gasteiger partial charge in [-0.1, -0.05) is 24.3 Å². The van der Waals surface area contributed by atoms with Gasteiger partial charge in [-0.05, 0) is 30.5 Å². The molecule has 1 amide bonds. The molecule has 0 unspecified atom stereocenters. The lowest BCUT2D eigenvalue weighted by Crippen LogP contribution is -2.49. The number of ketones is 2. The number of methoxy groups -OCH3 is 2. The van der Waals surface area contributed by atoms with Crippen molar-refractivity contribution < 1.29 is 23.9 Å². The van der Waals surface area contributed by atoms with Gasteiger partial charge < -0.3 is 19.3 Å². The molecule has 4 rings (SSSR count). The van der Waals surface area contributed by atoms with E-state index in [1.807, 2.05) is 29.2 Å². The van der Waals surface area contributed by atoms with Crippen LogP contribution in [0.2, 0.25) is 0 Å². The monoisotopic (exact) mass is 490 g/mol. The Morgan fingerprint density at radius 3 is 2.08 bits per heavy atom. The van der Waals surface area contributed by atoms with Crippen molar-refractivity contribution in [2.75, 3.05) is 45.3 Å². The fourth-order valence-electron chi connectivity index (χ4n) is 4.45. The third kappa shape index (κ3) is 5.30. The molecule has 1 aromatic heterocycles. The molecular formula is C27H30N4O5. The Morgan fingerprint density at radius 1 is 0.889 bits per heavy atom. The predicted molar refractivity (Wildman–Crippen MR) is 133 cm³/mol. The smallest absolute Gasteiger partial charge is 0.228 e. The second-order valence-electron chi connectivity index (χ2n) is 8.74. The number of Topliss-reactive ketones (excluding diaryl/α,β-unsaturated/α-hetero) is 2. The van der Waals surface area contributed by atoms with E-state index in [0.29, 0.717) is 62.5 Å². The molecule has 188 valence electrons. The van der Waals surface area contributed by atoms with Gasteiger partial charge in [-0.3, -0.25) is 14.4 Å². The zero-order valence-corrected chi connectivity index (χ0v) is 20.8. The molecule has 1 aromatic carbocycles. The van der Waals surface area contributed by atoms with Gasteiger partial charge in [0.15, 0.2) is 0 Å². The summed E-state index contributed by atoms with van der Waals surface area (Å²) >= 11 is 0. The number of benzene rings is 1. The molecule has 2 aliphatic rings. The van der Waals surface area contributed by atoms with Gasteiger partial charge in [0.2, 0.25) is 34.9 Å². The number of aryl methyl sites for hydroxylation is 1. The molecule has 2 aromatic rings. The van der Waals surface area contributed by atoms with Gasteiger partial charge in [0.1, 0.15) is 0 Å². The number of allylic oxidation sites excluding steroid dienone is 2. The number of rotatable bonds is 8. The summed E-state index contributed by atoms with van der Waals surface area (Å²) in [6.45, 7) is 4.37. The lowest BCUT2D eigenvalue weighted by atomic mass is 9.88. The topological polar surface area (TPSA) is 102 Å². The largest absolute Gasteiger partial charge is 0.489 e. The van der Waals surface area contributed by atoms with E-state index in [1.165, 1.54) is 14.2 Å². The summed E-state index contributed by atoms with van der Waals surface area (Å²) < 4.78 is 10.2. The van der Waals surface area contributed by atoms with E-state index < -0.39 is 0 Å². The highest BCUT2D eigenvalue weighted by Gasteiger charge is 2.34. The van der Waals surface area contributed by atoms with Crippen molar-refractivity contribution in [1.29, 1.82) is 0 Å². The van der Waals surface area contributed by atoms with E-state index in [1.54, 1.807) is 25.4 Å². The minimum Gasteiger partial charge on any atom is -0.489 e. The van der Waals surface area contributed by atoms with Gasteiger partial charge >= 0.3 is 0 Å². The molecule has 0 spiro atoms. The zero-order valence-electron chi connectivity index (χ0n) is 20.8. The van der Waals surface area contributed by atoms with Crippen LogP contribution in [0, 0.1) is 0 Å². The standard InChI is InChI=1S/C27H30N4O5/c1-18-21(24(34)26(36-3)25(35-2)23(18)33)17-20-7-5-19(6-8-20)9-10-22(32)30-13-15-31(16-14-30)27-28-11-4-12-29-27/h4-8,11-12H,9-10,13-17H2,1-3H3. The van der Waals surface area contributed by atoms with Crippen molar-refractivity contribution in [3.63, 3.8) is 0 Å². The Kier molecular flexibility index (Phi) is 7.77. The van der Waals surface area contributed by atoms with E-state index in [9.17, 15) is 14.4 Å². The second kappa shape index (κ2) is 11.2. The summed E-state index contributed by atoms with van der Waals surface area (Å²) in [6, 6.07) is 9.57. The molecule has 1 aliphatic heterocycles. The third-order valence-corrected chi connectivity index (χ3v) is 6.59. The number of ether oxygens (including phenoxy) is 2. The fraction of sp³-hybridized carbons (Fsp3) is 0.370. The number of amides is 1. The molecule has 1 fully saturated rings. The molecule has 1 saturated heterocycles. The summed E-state index contributed by atoms with van der Waals surface area (Å²) in [5, 5.41) is 0. The van der Waals surface area contributed by atoms with Gasteiger partial charge in [-0.2, -0.15) is 0 Å². The molecule has 1 aliphatic carbocycles. The third-order valence-electron chi connectivity index (χ3n) is 6.59. The Bertz CT molecular complexity index is 1200. The molecule has 0 saturated carbocycles. The molecule has 9 nitrogen and oxygen atoms in total. The van der Waals surface area contributed by atoms with Crippen LogP contribution in [0.5, 0.6) is 0 Å². The van der Waals surface area contributed by atoms with E-state index in [-0.39, 0.29) is 29.0 Å². The summed E-state index contributed by atoms with van der Waals surface area (Å²) in [5.74, 6) is 0.0429. The van der Waals surface area contributed by atoms with Gasteiger partial charge in [0.05, 0.1) is 14.2 Å². The summed E-state index contributed by atoms with van der Waals surface area (Å²) in [5.41, 5.74) is 2.71. The van der Waals surface area contributed by atoms with Gasteiger partial charge in [-0.25, -0.2) is 9.97 Å². The fourth-order valence-corrected chi connectivity index (χ4v) is 4.45. The van der Waals surface area contributed by atoms with Gasteiger partial charge in [0.25, 0.3) is 0 Å². The number of nitrogens with zero attached hydrogens (tertiary/aromatic N) is 4. The first kappa shape index (κ1) is 25.1. The molecular weight excluding hydrogens is 460 g/mol. The first-order valence-corrected chi connectivity index (χ1v) is 11.9. The molecule has 36 heavy (non-hydrogen) atoms. The number of hydrogen-bond donors (Lipinski definition) is 0. The van der Waals surface area contributed by atoms with E-state index in [2.05, 4.69) is 14.9 Å². The molecule has 9 heteroatoms. The van der Waals surface area contributed by atoms with Crippen molar-refractivity contribution in [2.45, 2.75) is 26.2 Å². The van der Waals surface area contributed by atoms with E-state index >= 15 is 0 Å². The highest BCUT2D eigenvalue weighted by molar-refractivity contribution is 6.23. The molecule has 0 N–H and O–H groups in total. The minimum absolute atomic E-state index is 0.0569. The number of aromatic nitrogens is 2. The zero-order chi connectivity index (χ0) is 25.7. The SMILES string of the molecule is COC1=C(OC)C(=O)C(Cc2ccc(CCC(=O)N3CCN(c4ncccn4)CC3)cc2)=C(C)C1=O. The number of carbonyl (C=O) groups excluding carboxylic acids is 3. The van der Waals surface area contributed by atoms with Crippen LogP contribution < -0.4 is 4.90 Å². The average molecular weight is 491 g/mol. The molecule has 0 radical (unpaired) electrons. The molecule has 0 atom stereocenters. The van der Waals surface area contributed by atoms with Crippen LogP contribution in [0.4, 0.5) is 5.95 Å². The van der Waals surface area contributed by atoms with E-state index in [0.717, 1.165) is 11.1 Å². The number of piperazine rings is 1. The predicted octanol–water partition coefficient (Wildman–Crippen LogP) is 2.27. The highest BCUT2D eigenvalue weighted by atomic mass is 16.5. The molecule has 2 heterocycles. The van der Waals surface area contributed by atoms with Crippen LogP contribution in [-0.2, 0) is 36.7 Å². The lowest BCUT2D eigenvalue weighted by Gasteiger charge is -2.34. The maximum atomic E-state index is 12.9. The summed E-state index contributed by atoms with van der Waals surface area (Å²) in [4.78, 5) is 50.7. The van der Waals surface area contributed by atoms with Crippen LogP contribution in [0.3, 0.4) is 0 Å². The maximum Gasteiger partial charge on any atom is 0.228 e. The normalized spacial score (nSPS) is 16.5. The number of hydrogen-bond acceptors (Lipinski definition) is 8. The average Bonchev–Trinajstić information content (AvgIpc) is 2.92. The first-order chi connectivity index (χ1) is 17.4. The molecule has 0 bridgehead atoms. The second-order valence-corrected chi connectivity index (χ2v) is 8.74. The Balaban J connectivity index is 1.30. The quantitative estimate of drug-likeness (QED) is 0.520. The Morgan fingerprint density at radius 2 is 1.47 bits per heavy atom. The Labute approximate surface area is 210 Å². The minimum atomic E-state index is -0.337. The Hall–Kier alpha value is -4.01. The lowest BCUT2D eigenvalue weighted by molar-refractivity contribution is -0.131. The van der Waals surface area contributed by atoms with Gasteiger partial charge in [0, 0.05) is 62.6 Å². The van der Waals surface area contributed by atoms with E-state index in [4.69, 9.17) is 9.47 Å². The number of anilines is 1. The van der Waals surface area contributed by atoms with Crippen molar-refractivity contribution in [2.24, 2.45) is 0 Å². The number of carbonyl (C=O) groups is 3. The van der Waals surface area contributed by atoms with Gasteiger partial charge in [-0.15, -0.1) is 0 Å². The summed E-state index contributed by atoms with van der Waals surface area (Å²) in [6.07, 6.45) is 4.82. The van der Waals surface area contributed by atoms with Crippen LogP contribution >= 0.6 is 0 Å².